The minimum Gasteiger partial charge on any atom is -0.493 e. The number of amides is 2. The Kier molecular flexibility index (Phi) is 6.68. The van der Waals surface area contributed by atoms with Crippen LogP contribution in [0.5, 0.6) is 11.5 Å². The zero-order valence-corrected chi connectivity index (χ0v) is 21.2. The van der Waals surface area contributed by atoms with E-state index in [4.69, 9.17) is 9.47 Å². The van der Waals surface area contributed by atoms with Gasteiger partial charge in [0.25, 0.3) is 11.8 Å². The molecule has 0 aliphatic carbocycles. The molecule has 0 unspecified atom stereocenters. The molecule has 0 radical (unpaired) electrons. The van der Waals surface area contributed by atoms with Crippen molar-refractivity contribution in [3.05, 3.63) is 95.3 Å². The van der Waals surface area contributed by atoms with E-state index in [1.54, 1.807) is 29.2 Å². The first kappa shape index (κ1) is 24.2. The molecule has 2 heterocycles. The van der Waals surface area contributed by atoms with E-state index in [1.165, 1.54) is 14.2 Å². The number of rotatable bonds is 7. The van der Waals surface area contributed by atoms with Gasteiger partial charge in [-0.15, -0.1) is 0 Å². The van der Waals surface area contributed by atoms with Gasteiger partial charge in [0.05, 0.1) is 14.2 Å². The van der Waals surface area contributed by atoms with E-state index >= 15 is 0 Å². The van der Waals surface area contributed by atoms with Crippen molar-refractivity contribution in [2.45, 2.75) is 19.9 Å². The van der Waals surface area contributed by atoms with E-state index in [9.17, 15) is 9.59 Å². The normalized spacial score (nSPS) is 12.9. The molecule has 188 valence electrons. The Morgan fingerprint density at radius 1 is 0.973 bits per heavy atom. The van der Waals surface area contributed by atoms with Crippen LogP contribution in [0.25, 0.3) is 17.0 Å². The van der Waals surface area contributed by atoms with Crippen molar-refractivity contribution in [3.8, 4) is 11.5 Å². The molecule has 3 aromatic carbocycles. The van der Waals surface area contributed by atoms with Crippen LogP contribution in [0.1, 0.15) is 28.4 Å². The van der Waals surface area contributed by atoms with Gasteiger partial charge in [0.1, 0.15) is 5.70 Å². The summed E-state index contributed by atoms with van der Waals surface area (Å²) in [5.41, 5.74) is 4.48. The van der Waals surface area contributed by atoms with Crippen molar-refractivity contribution < 1.29 is 19.1 Å². The third-order valence-corrected chi connectivity index (χ3v) is 6.72. The van der Waals surface area contributed by atoms with Crippen LogP contribution in [0.3, 0.4) is 0 Å². The van der Waals surface area contributed by atoms with E-state index in [2.05, 4.69) is 22.9 Å². The molecule has 2 amide bonds. The van der Waals surface area contributed by atoms with Gasteiger partial charge in [0.15, 0.2) is 11.5 Å². The average Bonchev–Trinajstić information content (AvgIpc) is 3.53. The van der Waals surface area contributed by atoms with Crippen LogP contribution in [-0.4, -0.2) is 37.1 Å². The molecule has 0 saturated carbocycles. The first-order valence-corrected chi connectivity index (χ1v) is 12.3. The fraction of sp³-hybridized carbons (Fsp3) is 0.200. The third kappa shape index (κ3) is 4.56. The molecule has 37 heavy (non-hydrogen) atoms. The van der Waals surface area contributed by atoms with E-state index in [-0.39, 0.29) is 11.6 Å². The molecule has 4 aromatic rings. The minimum atomic E-state index is -0.410. The number of anilines is 1. The van der Waals surface area contributed by atoms with Crippen LogP contribution < -0.4 is 19.7 Å². The van der Waals surface area contributed by atoms with Crippen LogP contribution in [0, 0.1) is 0 Å². The molecule has 0 fully saturated rings. The summed E-state index contributed by atoms with van der Waals surface area (Å²) < 4.78 is 12.8. The Morgan fingerprint density at radius 2 is 1.73 bits per heavy atom. The van der Waals surface area contributed by atoms with Crippen molar-refractivity contribution in [1.82, 2.24) is 9.88 Å². The van der Waals surface area contributed by atoms with E-state index in [0.29, 0.717) is 23.6 Å². The highest BCUT2D eigenvalue weighted by Crippen LogP contribution is 2.31. The maximum Gasteiger partial charge on any atom is 0.274 e. The molecule has 1 aliphatic rings. The van der Waals surface area contributed by atoms with Gasteiger partial charge in [0, 0.05) is 47.0 Å². The second-order valence-corrected chi connectivity index (χ2v) is 8.81. The average molecular weight is 496 g/mol. The van der Waals surface area contributed by atoms with E-state index < -0.39 is 5.91 Å². The number of aromatic nitrogens is 1. The van der Waals surface area contributed by atoms with Crippen molar-refractivity contribution in [1.29, 1.82) is 0 Å². The summed E-state index contributed by atoms with van der Waals surface area (Å²) in [5.74, 6) is 0.290. The van der Waals surface area contributed by atoms with Gasteiger partial charge >= 0.3 is 0 Å². The van der Waals surface area contributed by atoms with Gasteiger partial charge in [-0.05, 0) is 55.3 Å². The van der Waals surface area contributed by atoms with Gasteiger partial charge in [-0.1, -0.05) is 36.4 Å². The summed E-state index contributed by atoms with van der Waals surface area (Å²) in [6.45, 7) is 3.42. The fourth-order valence-corrected chi connectivity index (χ4v) is 4.83. The molecule has 1 aromatic heterocycles. The Bertz CT molecular complexity index is 1520. The number of nitrogens with one attached hydrogen (secondary N) is 1. The predicted octanol–water partition coefficient (Wildman–Crippen LogP) is 5.04. The second-order valence-electron chi connectivity index (χ2n) is 8.81. The van der Waals surface area contributed by atoms with E-state index in [0.717, 1.165) is 40.7 Å². The van der Waals surface area contributed by atoms with E-state index in [1.807, 2.05) is 48.7 Å². The van der Waals surface area contributed by atoms with Crippen LogP contribution in [0.15, 0.2) is 78.6 Å². The molecule has 1 aliphatic heterocycles. The van der Waals surface area contributed by atoms with Crippen molar-refractivity contribution in [2.75, 3.05) is 25.7 Å². The number of hydrogen-bond donors (Lipinski definition) is 1. The summed E-state index contributed by atoms with van der Waals surface area (Å²) in [7, 11) is 3.06. The number of para-hydroxylation sites is 2. The molecule has 7 heteroatoms. The molecule has 0 spiro atoms. The molecular formula is C30H29N3O4. The summed E-state index contributed by atoms with van der Waals surface area (Å²) in [4.78, 5) is 29.0. The monoisotopic (exact) mass is 495 g/mol. The molecule has 1 N–H and O–H groups in total. The zero-order valence-electron chi connectivity index (χ0n) is 21.2. The quantitative estimate of drug-likeness (QED) is 0.365. The van der Waals surface area contributed by atoms with Crippen molar-refractivity contribution >= 4 is 34.5 Å². The topological polar surface area (TPSA) is 72.8 Å². The molecule has 7 nitrogen and oxygen atoms in total. The predicted molar refractivity (Wildman–Crippen MR) is 145 cm³/mol. The van der Waals surface area contributed by atoms with Gasteiger partial charge in [-0.3, -0.25) is 9.59 Å². The van der Waals surface area contributed by atoms with Crippen LogP contribution in [-0.2, 0) is 17.8 Å². The van der Waals surface area contributed by atoms with Crippen LogP contribution in [0.4, 0.5) is 5.69 Å². The van der Waals surface area contributed by atoms with Crippen LogP contribution >= 0.6 is 0 Å². The Hall–Kier alpha value is -4.52. The molecule has 0 bridgehead atoms. The number of carbonyl (C=O) groups excluding carboxylic acids is 2. The lowest BCUT2D eigenvalue weighted by molar-refractivity contribution is -0.115. The number of hydrogen-bond acceptors (Lipinski definition) is 4. The zero-order chi connectivity index (χ0) is 25.9. The lowest BCUT2D eigenvalue weighted by Gasteiger charge is -2.20. The summed E-state index contributed by atoms with van der Waals surface area (Å²) >= 11 is 0. The number of fused-ring (bicyclic) bond motifs is 2. The summed E-state index contributed by atoms with van der Waals surface area (Å²) in [6.07, 6.45) is 4.56. The molecule has 5 rings (SSSR count). The Labute approximate surface area is 215 Å². The summed E-state index contributed by atoms with van der Waals surface area (Å²) in [6, 6.07) is 20.8. The standard InChI is InChI=1S/C30H29N3O4/c1-4-32-19-22(23-10-6-8-12-26(23)32)17-24(30(35)33-16-15-20-9-5-7-11-25(20)33)31-29(34)21-13-14-27(36-2)28(18-21)37-3/h5-14,17-19H,4,15-16H2,1-3H3,(H,31,34)/b24-17-. The number of nitrogens with zero attached hydrogens (tertiary/aromatic N) is 2. The molecule has 0 saturated heterocycles. The smallest absolute Gasteiger partial charge is 0.274 e. The fourth-order valence-electron chi connectivity index (χ4n) is 4.83. The van der Waals surface area contributed by atoms with Crippen molar-refractivity contribution in [3.63, 3.8) is 0 Å². The number of ether oxygens (including phenoxy) is 2. The number of benzene rings is 3. The van der Waals surface area contributed by atoms with Gasteiger partial charge in [-0.25, -0.2) is 0 Å². The largest absolute Gasteiger partial charge is 0.493 e. The third-order valence-electron chi connectivity index (χ3n) is 6.72. The highest BCUT2D eigenvalue weighted by atomic mass is 16.5. The lowest BCUT2D eigenvalue weighted by Crippen LogP contribution is -2.37. The SMILES string of the molecule is CCn1cc(/C=C(\NC(=O)c2ccc(OC)c(OC)c2)C(=O)N2CCc3ccccc32)c2ccccc21. The van der Waals surface area contributed by atoms with Crippen molar-refractivity contribution in [2.24, 2.45) is 0 Å². The van der Waals surface area contributed by atoms with Crippen LogP contribution in [0.2, 0.25) is 0 Å². The Balaban J connectivity index is 1.56. The highest BCUT2D eigenvalue weighted by molar-refractivity contribution is 6.13. The second kappa shape index (κ2) is 10.2. The first-order valence-electron chi connectivity index (χ1n) is 12.3. The molecule has 0 atom stereocenters. The first-order chi connectivity index (χ1) is 18.0. The van der Waals surface area contributed by atoms with Gasteiger partial charge in [0.2, 0.25) is 0 Å². The number of carbonyl (C=O) groups is 2. The van der Waals surface area contributed by atoms with Gasteiger partial charge in [-0.2, -0.15) is 0 Å². The number of aryl methyl sites for hydroxylation is 1. The van der Waals surface area contributed by atoms with Gasteiger partial charge < -0.3 is 24.3 Å². The lowest BCUT2D eigenvalue weighted by atomic mass is 10.1. The minimum absolute atomic E-state index is 0.204. The number of methoxy groups -OCH3 is 2. The summed E-state index contributed by atoms with van der Waals surface area (Å²) in [5, 5.41) is 3.91. The molecular weight excluding hydrogens is 466 g/mol. The Morgan fingerprint density at radius 3 is 2.51 bits per heavy atom. The maximum absolute atomic E-state index is 13.9. The maximum atomic E-state index is 13.9. The highest BCUT2D eigenvalue weighted by Gasteiger charge is 2.28.